The van der Waals surface area contributed by atoms with E-state index in [1.165, 1.54) is 22.4 Å². The second-order valence-electron chi connectivity index (χ2n) is 5.10. The number of ether oxygens (including phenoxy) is 1. The summed E-state index contributed by atoms with van der Waals surface area (Å²) in [6.07, 6.45) is 1.31. The number of hydrogen-bond acceptors (Lipinski definition) is 2. The van der Waals surface area contributed by atoms with Gasteiger partial charge in [0.2, 0.25) is 0 Å². The van der Waals surface area contributed by atoms with Gasteiger partial charge in [-0.2, -0.15) is 0 Å². The van der Waals surface area contributed by atoms with E-state index >= 15 is 0 Å². The fourth-order valence-electron chi connectivity index (χ4n) is 2.31. The zero-order valence-corrected chi connectivity index (χ0v) is 11.9. The number of benzene rings is 1. The molecule has 2 heteroatoms. The van der Waals surface area contributed by atoms with Gasteiger partial charge in [0.15, 0.2) is 0 Å². The molecule has 96 valence electrons. The smallest absolute Gasteiger partial charge is 0.0562 e. The minimum atomic E-state index is 0.295. The number of methoxy groups -OCH3 is 1. The van der Waals surface area contributed by atoms with Crippen molar-refractivity contribution < 1.29 is 4.74 Å². The van der Waals surface area contributed by atoms with Gasteiger partial charge >= 0.3 is 0 Å². The van der Waals surface area contributed by atoms with Gasteiger partial charge in [-0.25, -0.2) is 0 Å². The molecule has 1 N–H and O–H groups in total. The Labute approximate surface area is 105 Å². The van der Waals surface area contributed by atoms with E-state index in [2.05, 4.69) is 52.1 Å². The van der Waals surface area contributed by atoms with E-state index in [1.54, 1.807) is 7.11 Å². The topological polar surface area (TPSA) is 21.3 Å². The predicted octanol–water partition coefficient (Wildman–Crippen LogP) is 3.84. The van der Waals surface area contributed by atoms with Gasteiger partial charge < -0.3 is 10.1 Å². The van der Waals surface area contributed by atoms with Crippen molar-refractivity contribution in [2.45, 2.75) is 53.2 Å². The molecule has 2 unspecified atom stereocenters. The van der Waals surface area contributed by atoms with Crippen LogP contribution >= 0.6 is 0 Å². The second kappa shape index (κ2) is 6.06. The van der Waals surface area contributed by atoms with Crippen LogP contribution in [0.4, 0.5) is 5.69 Å². The molecule has 0 spiro atoms. The van der Waals surface area contributed by atoms with Crippen LogP contribution in [0.2, 0.25) is 0 Å². The second-order valence-corrected chi connectivity index (χ2v) is 5.10. The van der Waals surface area contributed by atoms with E-state index in [0.717, 1.165) is 6.42 Å². The SMILES string of the molecule is COC(C)CC(C)Nc1c(C)cc(C)cc1C. The number of anilines is 1. The van der Waals surface area contributed by atoms with Crippen molar-refractivity contribution in [2.24, 2.45) is 0 Å². The van der Waals surface area contributed by atoms with Gasteiger partial charge in [0.1, 0.15) is 0 Å². The first-order chi connectivity index (χ1) is 7.93. The third kappa shape index (κ3) is 4.04. The Kier molecular flexibility index (Phi) is 5.01. The average Bonchev–Trinajstić information content (AvgIpc) is 2.23. The lowest BCUT2D eigenvalue weighted by molar-refractivity contribution is 0.108. The van der Waals surface area contributed by atoms with E-state index in [-0.39, 0.29) is 0 Å². The van der Waals surface area contributed by atoms with Crippen LogP contribution < -0.4 is 5.32 Å². The molecule has 0 heterocycles. The minimum Gasteiger partial charge on any atom is -0.382 e. The highest BCUT2D eigenvalue weighted by molar-refractivity contribution is 5.58. The minimum absolute atomic E-state index is 0.295. The molecule has 0 fully saturated rings. The van der Waals surface area contributed by atoms with Gasteiger partial charge in [-0.1, -0.05) is 17.7 Å². The summed E-state index contributed by atoms with van der Waals surface area (Å²) in [6, 6.07) is 4.87. The standard InChI is InChI=1S/C15H25NO/c1-10-7-11(2)15(12(3)8-10)16-13(4)9-14(5)17-6/h7-8,13-14,16H,9H2,1-6H3. The van der Waals surface area contributed by atoms with Crippen molar-refractivity contribution in [1.82, 2.24) is 0 Å². The molecular formula is C15H25NO. The zero-order valence-electron chi connectivity index (χ0n) is 11.9. The fourth-order valence-corrected chi connectivity index (χ4v) is 2.31. The molecule has 1 rings (SSSR count). The molecule has 1 aromatic carbocycles. The quantitative estimate of drug-likeness (QED) is 0.837. The van der Waals surface area contributed by atoms with Crippen LogP contribution in [0.1, 0.15) is 37.0 Å². The third-order valence-corrected chi connectivity index (χ3v) is 3.16. The van der Waals surface area contributed by atoms with E-state index in [9.17, 15) is 0 Å². The average molecular weight is 235 g/mol. The zero-order chi connectivity index (χ0) is 13.0. The van der Waals surface area contributed by atoms with Crippen molar-refractivity contribution in [3.63, 3.8) is 0 Å². The van der Waals surface area contributed by atoms with Crippen molar-refractivity contribution in [2.75, 3.05) is 12.4 Å². The Morgan fingerprint density at radius 2 is 1.65 bits per heavy atom. The van der Waals surface area contributed by atoms with E-state index < -0.39 is 0 Å². The molecule has 2 atom stereocenters. The first-order valence-corrected chi connectivity index (χ1v) is 6.31. The summed E-state index contributed by atoms with van der Waals surface area (Å²) in [5.74, 6) is 0. The summed E-state index contributed by atoms with van der Waals surface area (Å²) in [5, 5.41) is 3.59. The summed E-state index contributed by atoms with van der Waals surface area (Å²) >= 11 is 0. The maximum absolute atomic E-state index is 5.30. The molecule has 0 saturated carbocycles. The van der Waals surface area contributed by atoms with Crippen LogP contribution in [0.3, 0.4) is 0 Å². The van der Waals surface area contributed by atoms with Crippen molar-refractivity contribution in [1.29, 1.82) is 0 Å². The van der Waals surface area contributed by atoms with Gasteiger partial charge in [-0.15, -0.1) is 0 Å². The van der Waals surface area contributed by atoms with Gasteiger partial charge in [-0.3, -0.25) is 0 Å². The largest absolute Gasteiger partial charge is 0.382 e. The number of aryl methyl sites for hydroxylation is 3. The van der Waals surface area contributed by atoms with E-state index in [1.807, 2.05) is 0 Å². The Morgan fingerprint density at radius 3 is 2.12 bits per heavy atom. The lowest BCUT2D eigenvalue weighted by Crippen LogP contribution is -2.22. The van der Waals surface area contributed by atoms with Crippen LogP contribution in [0.25, 0.3) is 0 Å². The van der Waals surface area contributed by atoms with Gasteiger partial charge in [0, 0.05) is 18.8 Å². The van der Waals surface area contributed by atoms with Crippen molar-refractivity contribution >= 4 is 5.69 Å². The highest BCUT2D eigenvalue weighted by Crippen LogP contribution is 2.23. The van der Waals surface area contributed by atoms with Crippen molar-refractivity contribution in [3.8, 4) is 0 Å². The monoisotopic (exact) mass is 235 g/mol. The third-order valence-electron chi connectivity index (χ3n) is 3.16. The number of nitrogens with one attached hydrogen (secondary N) is 1. The number of hydrogen-bond donors (Lipinski definition) is 1. The summed E-state index contributed by atoms with van der Waals surface area (Å²) < 4.78 is 5.30. The highest BCUT2D eigenvalue weighted by Gasteiger charge is 2.10. The van der Waals surface area contributed by atoms with Gasteiger partial charge in [-0.05, 0) is 52.2 Å². The van der Waals surface area contributed by atoms with Crippen LogP contribution in [-0.4, -0.2) is 19.3 Å². The Bertz CT molecular complexity index is 350. The van der Waals surface area contributed by atoms with Crippen LogP contribution in [-0.2, 0) is 4.74 Å². The first kappa shape index (κ1) is 14.0. The Hall–Kier alpha value is -1.02. The number of rotatable bonds is 5. The predicted molar refractivity (Wildman–Crippen MR) is 74.8 cm³/mol. The van der Waals surface area contributed by atoms with E-state index in [0.29, 0.717) is 12.1 Å². The summed E-state index contributed by atoms with van der Waals surface area (Å²) in [4.78, 5) is 0. The molecule has 0 bridgehead atoms. The summed E-state index contributed by atoms with van der Waals surface area (Å²) in [5.41, 5.74) is 5.23. The molecule has 0 aliphatic heterocycles. The molecule has 2 nitrogen and oxygen atoms in total. The molecular weight excluding hydrogens is 210 g/mol. The van der Waals surface area contributed by atoms with Gasteiger partial charge in [0.05, 0.1) is 6.10 Å². The molecule has 17 heavy (non-hydrogen) atoms. The first-order valence-electron chi connectivity index (χ1n) is 6.31. The lowest BCUT2D eigenvalue weighted by Gasteiger charge is -2.21. The molecule has 0 aliphatic rings. The maximum atomic E-state index is 5.30. The van der Waals surface area contributed by atoms with Crippen LogP contribution in [0.5, 0.6) is 0 Å². The maximum Gasteiger partial charge on any atom is 0.0562 e. The molecule has 0 amide bonds. The summed E-state index contributed by atoms with van der Waals surface area (Å²) in [6.45, 7) is 10.8. The lowest BCUT2D eigenvalue weighted by atomic mass is 10.0. The molecule has 0 aromatic heterocycles. The van der Waals surface area contributed by atoms with Gasteiger partial charge in [0.25, 0.3) is 0 Å². The normalized spacial score (nSPS) is 14.5. The highest BCUT2D eigenvalue weighted by atomic mass is 16.5. The molecule has 0 saturated heterocycles. The molecule has 0 aliphatic carbocycles. The van der Waals surface area contributed by atoms with Crippen molar-refractivity contribution in [3.05, 3.63) is 28.8 Å². The Balaban J connectivity index is 2.74. The van der Waals surface area contributed by atoms with E-state index in [4.69, 9.17) is 4.74 Å². The van der Waals surface area contributed by atoms with Crippen LogP contribution in [0, 0.1) is 20.8 Å². The van der Waals surface area contributed by atoms with Crippen LogP contribution in [0.15, 0.2) is 12.1 Å². The molecule has 0 radical (unpaired) electrons. The fraction of sp³-hybridized carbons (Fsp3) is 0.600. The summed E-state index contributed by atoms with van der Waals surface area (Å²) in [7, 11) is 1.76. The molecule has 1 aromatic rings. The Morgan fingerprint density at radius 1 is 1.12 bits per heavy atom.